The molecule has 0 spiro atoms. The molecule has 0 unspecified atom stereocenters. The van der Waals surface area contributed by atoms with Crippen molar-refractivity contribution in [1.82, 2.24) is 19.6 Å². The molecule has 0 amide bonds. The molecule has 3 aromatic rings. The number of imidazole rings is 1. The highest BCUT2D eigenvalue weighted by Gasteiger charge is 2.16. The summed E-state index contributed by atoms with van der Waals surface area (Å²) in [5.41, 5.74) is 1.81. The minimum atomic E-state index is -0.183. The molecular weight excluding hydrogens is 304 g/mol. The fourth-order valence-corrected chi connectivity index (χ4v) is 2.74. The van der Waals surface area contributed by atoms with Gasteiger partial charge >= 0.3 is 0 Å². The maximum atomic E-state index is 12.5. The summed E-state index contributed by atoms with van der Waals surface area (Å²) in [6.07, 6.45) is 2.64. The van der Waals surface area contributed by atoms with Gasteiger partial charge in [-0.25, -0.2) is 9.50 Å². The standard InChI is InChI=1S/C18H22N4O2/c1-4-8-15-19-12(3)16-18(23)20-17(21-22(15)16)13-9-6-7-10-14(13)24-11-5-2/h6-7,9-10H,4-5,8,11H2,1-3H3,(H,20,21,23). The Bertz CT molecular complexity index is 911. The third-order valence-electron chi connectivity index (χ3n) is 3.82. The van der Waals surface area contributed by atoms with Crippen molar-refractivity contribution < 1.29 is 4.74 Å². The molecule has 1 N–H and O–H groups in total. The number of H-pyrrole nitrogens is 1. The van der Waals surface area contributed by atoms with Crippen molar-refractivity contribution in [2.75, 3.05) is 6.61 Å². The predicted molar refractivity (Wildman–Crippen MR) is 93.6 cm³/mol. The number of ether oxygens (including phenoxy) is 1. The lowest BCUT2D eigenvalue weighted by Crippen LogP contribution is -2.15. The summed E-state index contributed by atoms with van der Waals surface area (Å²) in [7, 11) is 0. The number of rotatable bonds is 6. The maximum Gasteiger partial charge on any atom is 0.277 e. The lowest BCUT2D eigenvalue weighted by Gasteiger charge is -2.10. The van der Waals surface area contributed by atoms with E-state index in [-0.39, 0.29) is 5.56 Å². The van der Waals surface area contributed by atoms with Gasteiger partial charge in [-0.2, -0.15) is 0 Å². The van der Waals surface area contributed by atoms with Crippen molar-refractivity contribution in [3.8, 4) is 17.1 Å². The number of nitrogens with zero attached hydrogens (tertiary/aromatic N) is 3. The minimum Gasteiger partial charge on any atom is -0.493 e. The van der Waals surface area contributed by atoms with Crippen LogP contribution in [0, 0.1) is 6.92 Å². The fraction of sp³-hybridized carbons (Fsp3) is 0.389. The number of benzene rings is 1. The van der Waals surface area contributed by atoms with E-state index in [1.165, 1.54) is 0 Å². The molecule has 0 radical (unpaired) electrons. The molecular formula is C18H22N4O2. The third-order valence-corrected chi connectivity index (χ3v) is 3.82. The largest absolute Gasteiger partial charge is 0.493 e. The second kappa shape index (κ2) is 6.86. The number of aromatic amines is 1. The molecule has 24 heavy (non-hydrogen) atoms. The van der Waals surface area contributed by atoms with Crippen LogP contribution in [0.3, 0.4) is 0 Å². The van der Waals surface area contributed by atoms with E-state index in [2.05, 4.69) is 28.9 Å². The van der Waals surface area contributed by atoms with Gasteiger partial charge in [0.05, 0.1) is 17.9 Å². The Morgan fingerprint density at radius 1 is 1.21 bits per heavy atom. The molecule has 6 nitrogen and oxygen atoms in total. The van der Waals surface area contributed by atoms with E-state index in [0.717, 1.165) is 36.4 Å². The van der Waals surface area contributed by atoms with Gasteiger partial charge in [-0.05, 0) is 31.9 Å². The van der Waals surface area contributed by atoms with E-state index in [1.54, 1.807) is 4.52 Å². The number of hydrogen-bond donors (Lipinski definition) is 1. The van der Waals surface area contributed by atoms with E-state index in [4.69, 9.17) is 4.74 Å². The van der Waals surface area contributed by atoms with Crippen LogP contribution in [0.2, 0.25) is 0 Å². The Kier molecular flexibility index (Phi) is 4.64. The summed E-state index contributed by atoms with van der Waals surface area (Å²) < 4.78 is 7.46. The van der Waals surface area contributed by atoms with Crippen LogP contribution in [0.25, 0.3) is 16.9 Å². The summed E-state index contributed by atoms with van der Waals surface area (Å²) in [4.78, 5) is 19.9. The van der Waals surface area contributed by atoms with E-state index < -0.39 is 0 Å². The SMILES string of the molecule is CCCOc1ccccc1-c1nn2c(CCC)nc(C)c2c(=O)[nH]1. The number of para-hydroxylation sites is 1. The second-order valence-electron chi connectivity index (χ2n) is 5.77. The van der Waals surface area contributed by atoms with Crippen LogP contribution >= 0.6 is 0 Å². The summed E-state index contributed by atoms with van der Waals surface area (Å²) in [5, 5.41) is 4.63. The smallest absolute Gasteiger partial charge is 0.277 e. The molecule has 2 heterocycles. The Morgan fingerprint density at radius 2 is 2.00 bits per heavy atom. The molecule has 0 aliphatic heterocycles. The Balaban J connectivity index is 2.18. The molecule has 126 valence electrons. The van der Waals surface area contributed by atoms with Gasteiger partial charge in [0.1, 0.15) is 11.6 Å². The molecule has 0 saturated carbocycles. The molecule has 0 aliphatic carbocycles. The highest BCUT2D eigenvalue weighted by molar-refractivity contribution is 5.64. The third kappa shape index (κ3) is 2.91. The van der Waals surface area contributed by atoms with Gasteiger partial charge < -0.3 is 9.72 Å². The zero-order valence-electron chi connectivity index (χ0n) is 14.3. The molecule has 3 rings (SSSR count). The molecule has 6 heteroatoms. The number of aryl methyl sites for hydroxylation is 2. The Labute approximate surface area is 140 Å². The Morgan fingerprint density at radius 3 is 2.75 bits per heavy atom. The average Bonchev–Trinajstić information content (AvgIpc) is 2.90. The molecule has 2 aromatic heterocycles. The molecule has 0 bridgehead atoms. The van der Waals surface area contributed by atoms with E-state index >= 15 is 0 Å². The van der Waals surface area contributed by atoms with Crippen molar-refractivity contribution in [3.63, 3.8) is 0 Å². The summed E-state index contributed by atoms with van der Waals surface area (Å²) >= 11 is 0. The monoisotopic (exact) mass is 326 g/mol. The summed E-state index contributed by atoms with van der Waals surface area (Å²) in [6.45, 7) is 6.59. The summed E-state index contributed by atoms with van der Waals surface area (Å²) in [5.74, 6) is 2.02. The van der Waals surface area contributed by atoms with E-state index in [1.807, 2.05) is 31.2 Å². The first-order valence-corrected chi connectivity index (χ1v) is 8.36. The van der Waals surface area contributed by atoms with Gasteiger partial charge in [0, 0.05) is 6.42 Å². The van der Waals surface area contributed by atoms with Crippen LogP contribution < -0.4 is 10.3 Å². The molecule has 0 fully saturated rings. The summed E-state index contributed by atoms with van der Waals surface area (Å²) in [6, 6.07) is 7.61. The number of fused-ring (bicyclic) bond motifs is 1. The minimum absolute atomic E-state index is 0.183. The highest BCUT2D eigenvalue weighted by atomic mass is 16.5. The number of hydrogen-bond acceptors (Lipinski definition) is 4. The van der Waals surface area contributed by atoms with Crippen LogP contribution in [0.4, 0.5) is 0 Å². The number of aromatic nitrogens is 4. The van der Waals surface area contributed by atoms with Crippen molar-refractivity contribution in [3.05, 3.63) is 46.1 Å². The molecule has 0 atom stereocenters. The second-order valence-corrected chi connectivity index (χ2v) is 5.77. The fourth-order valence-electron chi connectivity index (χ4n) is 2.74. The van der Waals surface area contributed by atoms with E-state index in [9.17, 15) is 4.79 Å². The van der Waals surface area contributed by atoms with Gasteiger partial charge in [0.25, 0.3) is 5.56 Å². The van der Waals surface area contributed by atoms with Crippen LogP contribution in [-0.2, 0) is 6.42 Å². The Hall–Kier alpha value is -2.63. The van der Waals surface area contributed by atoms with Gasteiger partial charge in [0.15, 0.2) is 11.3 Å². The first kappa shape index (κ1) is 16.2. The first-order chi connectivity index (χ1) is 11.7. The van der Waals surface area contributed by atoms with Crippen molar-refractivity contribution in [2.45, 2.75) is 40.0 Å². The lowest BCUT2D eigenvalue weighted by molar-refractivity contribution is 0.318. The maximum absolute atomic E-state index is 12.5. The van der Waals surface area contributed by atoms with Crippen molar-refractivity contribution in [1.29, 1.82) is 0 Å². The average molecular weight is 326 g/mol. The quantitative estimate of drug-likeness (QED) is 0.755. The highest BCUT2D eigenvalue weighted by Crippen LogP contribution is 2.27. The van der Waals surface area contributed by atoms with Gasteiger partial charge in [-0.15, -0.1) is 5.10 Å². The molecule has 1 aromatic carbocycles. The lowest BCUT2D eigenvalue weighted by atomic mass is 10.2. The molecule has 0 saturated heterocycles. The zero-order chi connectivity index (χ0) is 17.1. The normalized spacial score (nSPS) is 11.1. The van der Waals surface area contributed by atoms with Crippen LogP contribution in [0.1, 0.15) is 38.2 Å². The first-order valence-electron chi connectivity index (χ1n) is 8.36. The topological polar surface area (TPSA) is 72.3 Å². The zero-order valence-corrected chi connectivity index (χ0v) is 14.3. The van der Waals surface area contributed by atoms with Crippen LogP contribution in [0.5, 0.6) is 5.75 Å². The van der Waals surface area contributed by atoms with Crippen LogP contribution in [-0.4, -0.2) is 26.2 Å². The van der Waals surface area contributed by atoms with Gasteiger partial charge in [0.2, 0.25) is 0 Å². The predicted octanol–water partition coefficient (Wildman–Crippen LogP) is 3.13. The number of nitrogens with one attached hydrogen (secondary N) is 1. The van der Waals surface area contributed by atoms with Gasteiger partial charge in [-0.1, -0.05) is 26.0 Å². The molecule has 0 aliphatic rings. The van der Waals surface area contributed by atoms with Crippen molar-refractivity contribution >= 4 is 5.52 Å². The van der Waals surface area contributed by atoms with E-state index in [0.29, 0.717) is 23.6 Å². The van der Waals surface area contributed by atoms with Crippen molar-refractivity contribution in [2.24, 2.45) is 0 Å². The van der Waals surface area contributed by atoms with Gasteiger partial charge in [-0.3, -0.25) is 4.79 Å². The van der Waals surface area contributed by atoms with Crippen LogP contribution in [0.15, 0.2) is 29.1 Å².